The summed E-state index contributed by atoms with van der Waals surface area (Å²) in [6.45, 7) is 8.06. The summed E-state index contributed by atoms with van der Waals surface area (Å²) < 4.78 is 15.1. The van der Waals surface area contributed by atoms with E-state index < -0.39 is 35.1 Å². The molecule has 0 saturated heterocycles. The minimum absolute atomic E-state index is 0.00662. The van der Waals surface area contributed by atoms with E-state index in [1.54, 1.807) is 40.7 Å². The molecule has 1 aliphatic rings. The lowest BCUT2D eigenvalue weighted by molar-refractivity contribution is -0.173. The number of nitrogens with one attached hydrogen (secondary N) is 1. The average Bonchev–Trinajstić information content (AvgIpc) is 2.62. The van der Waals surface area contributed by atoms with Crippen LogP contribution in [0.15, 0.2) is 12.1 Å². The van der Waals surface area contributed by atoms with Gasteiger partial charge in [0.1, 0.15) is 0 Å². The van der Waals surface area contributed by atoms with E-state index in [9.17, 15) is 19.2 Å². The largest absolute Gasteiger partial charge is 0.465 e. The van der Waals surface area contributed by atoms with Crippen LogP contribution in [-0.4, -0.2) is 49.6 Å². The number of rotatable bonds is 6. The lowest BCUT2D eigenvalue weighted by Gasteiger charge is -2.39. The highest BCUT2D eigenvalue weighted by atomic mass is 16.6. The van der Waals surface area contributed by atoms with Gasteiger partial charge in [0.2, 0.25) is 0 Å². The van der Waals surface area contributed by atoms with E-state index in [2.05, 4.69) is 5.32 Å². The van der Waals surface area contributed by atoms with Gasteiger partial charge >= 0.3 is 17.9 Å². The SMILES string of the molecule is CCOC(=O)C1Nc2c(C)cc(C)cc2C(=O)C1(C(=O)OCC)C(=O)OCC. The molecule has 0 bridgehead atoms. The van der Waals surface area contributed by atoms with Gasteiger partial charge in [-0.3, -0.25) is 14.4 Å². The van der Waals surface area contributed by atoms with Crippen LogP contribution < -0.4 is 5.32 Å². The molecule has 1 atom stereocenters. The van der Waals surface area contributed by atoms with Gasteiger partial charge in [-0.1, -0.05) is 6.07 Å². The minimum atomic E-state index is -2.52. The molecule has 0 saturated carbocycles. The fourth-order valence-corrected chi connectivity index (χ4v) is 3.39. The van der Waals surface area contributed by atoms with Crippen LogP contribution in [-0.2, 0) is 28.6 Å². The van der Waals surface area contributed by atoms with Crippen molar-refractivity contribution in [3.63, 3.8) is 0 Å². The van der Waals surface area contributed by atoms with Gasteiger partial charge in [-0.05, 0) is 51.8 Å². The highest BCUT2D eigenvalue weighted by Crippen LogP contribution is 2.42. The van der Waals surface area contributed by atoms with Gasteiger partial charge in [0.15, 0.2) is 11.8 Å². The van der Waals surface area contributed by atoms with E-state index in [4.69, 9.17) is 14.2 Å². The number of esters is 3. The number of anilines is 1. The third-order valence-electron chi connectivity index (χ3n) is 4.52. The Hall–Kier alpha value is -2.90. The van der Waals surface area contributed by atoms with Crippen molar-refractivity contribution in [2.24, 2.45) is 5.41 Å². The first-order chi connectivity index (χ1) is 13.2. The Kier molecular flexibility index (Phi) is 6.43. The van der Waals surface area contributed by atoms with Gasteiger partial charge in [0.05, 0.1) is 19.8 Å². The molecule has 0 radical (unpaired) electrons. The zero-order chi connectivity index (χ0) is 21.1. The zero-order valence-corrected chi connectivity index (χ0v) is 16.7. The molecule has 0 fully saturated rings. The molecule has 1 heterocycles. The van der Waals surface area contributed by atoms with Crippen molar-refractivity contribution in [1.82, 2.24) is 0 Å². The molecule has 8 heteroatoms. The highest BCUT2D eigenvalue weighted by Gasteiger charge is 2.66. The van der Waals surface area contributed by atoms with Crippen molar-refractivity contribution in [3.8, 4) is 0 Å². The van der Waals surface area contributed by atoms with Crippen molar-refractivity contribution in [2.75, 3.05) is 25.1 Å². The molecule has 2 rings (SSSR count). The van der Waals surface area contributed by atoms with Crippen molar-refractivity contribution < 1.29 is 33.4 Å². The van der Waals surface area contributed by atoms with E-state index in [-0.39, 0.29) is 25.4 Å². The predicted octanol–water partition coefficient (Wildman–Crippen LogP) is 1.96. The summed E-state index contributed by atoms with van der Waals surface area (Å²) in [5, 5.41) is 2.88. The molecule has 1 aromatic carbocycles. The Labute approximate surface area is 163 Å². The second kappa shape index (κ2) is 8.41. The summed E-state index contributed by atoms with van der Waals surface area (Å²) in [4.78, 5) is 52.2. The molecule has 1 aromatic rings. The number of ketones is 1. The van der Waals surface area contributed by atoms with Gasteiger partial charge in [-0.25, -0.2) is 4.79 Å². The van der Waals surface area contributed by atoms with Crippen molar-refractivity contribution >= 4 is 29.4 Å². The maximum atomic E-state index is 13.5. The topological polar surface area (TPSA) is 108 Å². The van der Waals surface area contributed by atoms with Crippen LogP contribution in [0.1, 0.15) is 42.3 Å². The first kappa shape index (κ1) is 21.4. The lowest BCUT2D eigenvalue weighted by atomic mass is 9.70. The predicted molar refractivity (Wildman–Crippen MR) is 100.0 cm³/mol. The monoisotopic (exact) mass is 391 g/mol. The number of fused-ring (bicyclic) bond motifs is 1. The molecule has 8 nitrogen and oxygen atoms in total. The summed E-state index contributed by atoms with van der Waals surface area (Å²) >= 11 is 0. The Morgan fingerprint density at radius 1 is 0.964 bits per heavy atom. The minimum Gasteiger partial charge on any atom is -0.465 e. The molecular weight excluding hydrogens is 366 g/mol. The Morgan fingerprint density at radius 2 is 1.50 bits per heavy atom. The number of ether oxygens (including phenoxy) is 3. The number of hydrogen-bond donors (Lipinski definition) is 1. The fraction of sp³-hybridized carbons (Fsp3) is 0.500. The van der Waals surface area contributed by atoms with Crippen molar-refractivity contribution in [2.45, 2.75) is 40.7 Å². The van der Waals surface area contributed by atoms with E-state index in [0.717, 1.165) is 5.56 Å². The molecular formula is C20H25NO7. The summed E-state index contributed by atoms with van der Waals surface area (Å²) in [6.07, 6.45) is 0. The number of aryl methyl sites for hydroxylation is 2. The highest BCUT2D eigenvalue weighted by molar-refractivity contribution is 6.31. The lowest BCUT2D eigenvalue weighted by Crippen LogP contribution is -2.64. The van der Waals surface area contributed by atoms with Gasteiger partial charge in [0, 0.05) is 11.3 Å². The standard InChI is InChI=1S/C20H25NO7/c1-6-26-17(23)15-20(18(24)27-7-2,19(25)28-8-3)16(22)13-10-11(4)9-12(5)14(13)21-15/h9-10,15,21H,6-8H2,1-5H3. The molecule has 1 aliphatic heterocycles. The second-order valence-corrected chi connectivity index (χ2v) is 6.41. The van der Waals surface area contributed by atoms with E-state index in [1.165, 1.54) is 0 Å². The summed E-state index contributed by atoms with van der Waals surface area (Å²) in [5.41, 5.74) is -0.565. The number of carbonyl (C=O) groups excluding carboxylic acids is 4. The molecule has 0 aromatic heterocycles. The summed E-state index contributed by atoms with van der Waals surface area (Å²) in [5.74, 6) is -4.05. The summed E-state index contributed by atoms with van der Waals surface area (Å²) in [6, 6.07) is 1.78. The van der Waals surface area contributed by atoms with Crippen LogP contribution in [0, 0.1) is 19.3 Å². The van der Waals surface area contributed by atoms with Gasteiger partial charge < -0.3 is 19.5 Å². The Bertz CT molecular complexity index is 797. The third kappa shape index (κ3) is 3.34. The molecule has 1 unspecified atom stereocenters. The van der Waals surface area contributed by atoms with E-state index in [1.807, 2.05) is 6.07 Å². The fourth-order valence-electron chi connectivity index (χ4n) is 3.39. The second-order valence-electron chi connectivity index (χ2n) is 6.41. The third-order valence-corrected chi connectivity index (χ3v) is 4.52. The summed E-state index contributed by atoms with van der Waals surface area (Å²) in [7, 11) is 0. The maximum Gasteiger partial charge on any atom is 0.334 e. The van der Waals surface area contributed by atoms with E-state index >= 15 is 0 Å². The first-order valence-corrected chi connectivity index (χ1v) is 9.19. The normalized spacial score (nSPS) is 17.2. The van der Waals surface area contributed by atoms with Crippen LogP contribution >= 0.6 is 0 Å². The molecule has 28 heavy (non-hydrogen) atoms. The Morgan fingerprint density at radius 3 is 2.00 bits per heavy atom. The van der Waals surface area contributed by atoms with Crippen molar-refractivity contribution in [1.29, 1.82) is 0 Å². The number of carbonyl (C=O) groups is 4. The van der Waals surface area contributed by atoms with E-state index in [0.29, 0.717) is 11.3 Å². The number of hydrogen-bond acceptors (Lipinski definition) is 8. The average molecular weight is 391 g/mol. The quantitative estimate of drug-likeness (QED) is 0.445. The van der Waals surface area contributed by atoms with Gasteiger partial charge in [0.25, 0.3) is 5.41 Å². The molecule has 0 spiro atoms. The number of Topliss-reactive ketones (excluding diaryl/α,β-unsaturated/α-hetero) is 1. The molecule has 152 valence electrons. The van der Waals surface area contributed by atoms with Crippen LogP contribution in [0.2, 0.25) is 0 Å². The first-order valence-electron chi connectivity index (χ1n) is 9.19. The Balaban J connectivity index is 2.81. The smallest absolute Gasteiger partial charge is 0.334 e. The molecule has 0 aliphatic carbocycles. The van der Waals surface area contributed by atoms with Gasteiger partial charge in [-0.2, -0.15) is 0 Å². The van der Waals surface area contributed by atoms with Crippen molar-refractivity contribution in [3.05, 3.63) is 28.8 Å². The number of benzene rings is 1. The zero-order valence-electron chi connectivity index (χ0n) is 16.7. The van der Waals surface area contributed by atoms with Crippen LogP contribution in [0.4, 0.5) is 5.69 Å². The van der Waals surface area contributed by atoms with Crippen LogP contribution in [0.3, 0.4) is 0 Å². The van der Waals surface area contributed by atoms with Crippen LogP contribution in [0.5, 0.6) is 0 Å². The molecule has 0 amide bonds. The van der Waals surface area contributed by atoms with Gasteiger partial charge in [-0.15, -0.1) is 0 Å². The molecule has 1 N–H and O–H groups in total. The van der Waals surface area contributed by atoms with Crippen LogP contribution in [0.25, 0.3) is 0 Å². The maximum absolute atomic E-state index is 13.5.